The molecule has 2 fully saturated rings. The van der Waals surface area contributed by atoms with Gasteiger partial charge in [-0.25, -0.2) is 0 Å². The van der Waals surface area contributed by atoms with Crippen LogP contribution >= 0.6 is 48.0 Å². The Kier molecular flexibility index (Phi) is 7.15. The lowest BCUT2D eigenvalue weighted by molar-refractivity contribution is -0.142. The summed E-state index contributed by atoms with van der Waals surface area (Å²) in [7, 11) is 2.51. The van der Waals surface area contributed by atoms with E-state index < -0.39 is 23.8 Å². The summed E-state index contributed by atoms with van der Waals surface area (Å²) >= 11 is 12.3. The second kappa shape index (κ2) is 8.93. The normalized spacial score (nSPS) is 20.2. The predicted molar refractivity (Wildman–Crippen MR) is 104 cm³/mol. The molecule has 8 nitrogen and oxygen atoms in total. The third-order valence-corrected chi connectivity index (χ3v) is 6.46. The molecule has 12 heteroatoms. The lowest BCUT2D eigenvalue weighted by Crippen LogP contribution is -2.32. The molecule has 0 N–H and O–H groups in total. The highest BCUT2D eigenvalue weighted by Gasteiger charge is 2.42. The highest BCUT2D eigenvalue weighted by Crippen LogP contribution is 2.42. The van der Waals surface area contributed by atoms with Crippen LogP contribution in [0.1, 0.15) is 12.8 Å². The summed E-state index contributed by atoms with van der Waals surface area (Å²) < 4.78 is 9.61. The van der Waals surface area contributed by atoms with E-state index in [9.17, 15) is 19.2 Å². The second-order valence-corrected chi connectivity index (χ2v) is 8.25. The summed E-state index contributed by atoms with van der Waals surface area (Å²) in [5.41, 5.74) is 0. The third kappa shape index (κ3) is 4.42. The SMILES string of the molecule is COC(=O)CCN1C(=O)C(=C2SC(=S)N(CCC(=O)OC)C2=O)SC1=S. The number of rotatable bonds is 6. The first-order valence-electron chi connectivity index (χ1n) is 7.25. The Bertz CT molecular complexity index is 675. The fourth-order valence-electron chi connectivity index (χ4n) is 2.07. The third-order valence-electron chi connectivity index (χ3n) is 3.44. The van der Waals surface area contributed by atoms with Gasteiger partial charge in [-0.1, -0.05) is 48.0 Å². The predicted octanol–water partition coefficient (Wildman–Crippen LogP) is 1.04. The number of thiocarbonyl (C=S) groups is 2. The minimum Gasteiger partial charge on any atom is -0.469 e. The van der Waals surface area contributed by atoms with Gasteiger partial charge in [0, 0.05) is 13.1 Å². The molecule has 0 bridgehead atoms. The minimum atomic E-state index is -0.465. The maximum atomic E-state index is 12.6. The average molecular weight is 435 g/mol. The number of nitrogens with zero attached hydrogens (tertiary/aromatic N) is 2. The summed E-state index contributed by atoms with van der Waals surface area (Å²) in [5.74, 6) is -1.82. The van der Waals surface area contributed by atoms with Gasteiger partial charge in [0.25, 0.3) is 11.8 Å². The van der Waals surface area contributed by atoms with E-state index in [1.165, 1.54) is 24.0 Å². The van der Waals surface area contributed by atoms with E-state index >= 15 is 0 Å². The summed E-state index contributed by atoms with van der Waals surface area (Å²) in [6.45, 7) is 0.146. The monoisotopic (exact) mass is 434 g/mol. The summed E-state index contributed by atoms with van der Waals surface area (Å²) in [6, 6.07) is 0. The Balaban J connectivity index is 2.14. The summed E-state index contributed by atoms with van der Waals surface area (Å²) in [4.78, 5) is 50.6. The van der Waals surface area contributed by atoms with Crippen molar-refractivity contribution < 1.29 is 28.7 Å². The van der Waals surface area contributed by atoms with Crippen molar-refractivity contribution in [1.29, 1.82) is 0 Å². The van der Waals surface area contributed by atoms with Crippen LogP contribution in [0, 0.1) is 0 Å². The van der Waals surface area contributed by atoms with Crippen LogP contribution in [0.2, 0.25) is 0 Å². The van der Waals surface area contributed by atoms with Crippen LogP contribution in [0.3, 0.4) is 0 Å². The lowest BCUT2D eigenvalue weighted by atomic mass is 10.3. The van der Waals surface area contributed by atoms with Gasteiger partial charge in [-0.2, -0.15) is 0 Å². The molecule has 2 amide bonds. The van der Waals surface area contributed by atoms with Gasteiger partial charge < -0.3 is 9.47 Å². The van der Waals surface area contributed by atoms with Crippen molar-refractivity contribution in [2.24, 2.45) is 0 Å². The van der Waals surface area contributed by atoms with Crippen molar-refractivity contribution in [3.8, 4) is 0 Å². The van der Waals surface area contributed by atoms with Crippen LogP contribution < -0.4 is 0 Å². The highest BCUT2D eigenvalue weighted by atomic mass is 32.2. The average Bonchev–Trinajstić information content (AvgIpc) is 3.06. The van der Waals surface area contributed by atoms with Crippen LogP contribution in [0.25, 0.3) is 0 Å². The number of carbonyl (C=O) groups is 4. The van der Waals surface area contributed by atoms with Gasteiger partial charge >= 0.3 is 11.9 Å². The number of esters is 2. The maximum absolute atomic E-state index is 12.6. The highest BCUT2D eigenvalue weighted by molar-refractivity contribution is 8.29. The van der Waals surface area contributed by atoms with E-state index in [-0.39, 0.29) is 44.4 Å². The molecular formula is C14H14N2O6S4. The molecule has 0 atom stereocenters. The quantitative estimate of drug-likeness (QED) is 0.343. The zero-order valence-electron chi connectivity index (χ0n) is 13.8. The Morgan fingerprint density at radius 1 is 0.846 bits per heavy atom. The van der Waals surface area contributed by atoms with Crippen LogP contribution in [0.15, 0.2) is 9.81 Å². The molecule has 0 aliphatic carbocycles. The molecular weight excluding hydrogens is 420 g/mol. The molecule has 2 saturated heterocycles. The van der Waals surface area contributed by atoms with Crippen LogP contribution in [0.4, 0.5) is 0 Å². The topological polar surface area (TPSA) is 93.2 Å². The smallest absolute Gasteiger partial charge is 0.307 e. The standard InChI is InChI=1S/C14H14N2O6S4/c1-21-7(17)3-5-15-11(19)9(25-13(15)23)10-12(20)16(14(24)26-10)6-4-8(18)22-2/h3-6H2,1-2H3. The number of amides is 2. The zero-order valence-corrected chi connectivity index (χ0v) is 17.1. The van der Waals surface area contributed by atoms with Crippen molar-refractivity contribution in [2.45, 2.75) is 12.8 Å². The first-order valence-corrected chi connectivity index (χ1v) is 9.70. The fourth-order valence-corrected chi connectivity index (χ4v) is 4.84. The Hall–Kier alpha value is -1.50. The van der Waals surface area contributed by atoms with Gasteiger partial charge in [-0.3, -0.25) is 29.0 Å². The first kappa shape index (κ1) is 20.8. The van der Waals surface area contributed by atoms with E-state index in [4.69, 9.17) is 24.4 Å². The first-order chi connectivity index (χ1) is 12.3. The number of carbonyl (C=O) groups excluding carboxylic acids is 4. The van der Waals surface area contributed by atoms with Gasteiger partial charge in [-0.15, -0.1) is 0 Å². The zero-order chi connectivity index (χ0) is 19.4. The number of hydrogen-bond acceptors (Lipinski definition) is 10. The lowest BCUT2D eigenvalue weighted by Gasteiger charge is -2.13. The van der Waals surface area contributed by atoms with E-state index in [1.54, 1.807) is 0 Å². The molecule has 2 heterocycles. The largest absolute Gasteiger partial charge is 0.469 e. The Morgan fingerprint density at radius 3 is 1.50 bits per heavy atom. The van der Waals surface area contributed by atoms with Crippen molar-refractivity contribution in [3.05, 3.63) is 9.81 Å². The number of ether oxygens (including phenoxy) is 2. The van der Waals surface area contributed by atoms with Gasteiger partial charge in [-0.05, 0) is 0 Å². The molecule has 26 heavy (non-hydrogen) atoms. The Morgan fingerprint density at radius 2 is 1.19 bits per heavy atom. The number of hydrogen-bond donors (Lipinski definition) is 0. The van der Waals surface area contributed by atoms with Crippen molar-refractivity contribution in [2.75, 3.05) is 27.3 Å². The van der Waals surface area contributed by atoms with E-state index in [2.05, 4.69) is 9.47 Å². The molecule has 140 valence electrons. The molecule has 0 radical (unpaired) electrons. The van der Waals surface area contributed by atoms with Crippen molar-refractivity contribution in [1.82, 2.24) is 9.80 Å². The molecule has 2 rings (SSSR count). The fraction of sp³-hybridized carbons (Fsp3) is 0.429. The van der Waals surface area contributed by atoms with Crippen LogP contribution in [0.5, 0.6) is 0 Å². The molecule has 0 unspecified atom stereocenters. The Labute approximate surface area is 168 Å². The molecule has 0 aromatic rings. The molecule has 2 aliphatic rings. The van der Waals surface area contributed by atoms with E-state index in [0.29, 0.717) is 0 Å². The van der Waals surface area contributed by atoms with E-state index in [1.807, 2.05) is 0 Å². The van der Waals surface area contributed by atoms with Crippen LogP contribution in [-0.4, -0.2) is 69.5 Å². The second-order valence-electron chi connectivity index (χ2n) is 4.96. The van der Waals surface area contributed by atoms with Gasteiger partial charge in [0.15, 0.2) is 0 Å². The van der Waals surface area contributed by atoms with Gasteiger partial charge in [0.1, 0.15) is 8.64 Å². The summed E-state index contributed by atoms with van der Waals surface area (Å²) in [5, 5.41) is 0. The van der Waals surface area contributed by atoms with Crippen molar-refractivity contribution in [3.63, 3.8) is 0 Å². The van der Waals surface area contributed by atoms with Gasteiger partial charge in [0.2, 0.25) is 0 Å². The molecule has 0 saturated carbocycles. The summed E-state index contributed by atoms with van der Waals surface area (Å²) in [6.07, 6.45) is -0.00732. The van der Waals surface area contributed by atoms with E-state index in [0.717, 1.165) is 23.5 Å². The molecule has 2 aliphatic heterocycles. The maximum Gasteiger partial charge on any atom is 0.307 e. The minimum absolute atomic E-state index is 0.00366. The van der Waals surface area contributed by atoms with Crippen LogP contribution in [-0.2, 0) is 28.7 Å². The van der Waals surface area contributed by atoms with Crippen molar-refractivity contribution >= 4 is 80.4 Å². The molecule has 0 aromatic carbocycles. The molecule has 0 spiro atoms. The number of methoxy groups -OCH3 is 2. The van der Waals surface area contributed by atoms with Gasteiger partial charge in [0.05, 0.1) is 36.9 Å². The number of thioether (sulfide) groups is 2. The molecule has 0 aromatic heterocycles.